The molecule has 6 rings (SSSR count). The number of piperazine rings is 1. The van der Waals surface area contributed by atoms with Crippen molar-refractivity contribution in [2.24, 2.45) is 0 Å². The molecule has 1 aromatic carbocycles. The summed E-state index contributed by atoms with van der Waals surface area (Å²) in [6, 6.07) is 8.90. The van der Waals surface area contributed by atoms with Gasteiger partial charge in [0.15, 0.2) is 0 Å². The second-order valence-electron chi connectivity index (χ2n) is 9.56. The highest BCUT2D eigenvalue weighted by molar-refractivity contribution is 6.33. The van der Waals surface area contributed by atoms with Crippen LogP contribution in [0.3, 0.4) is 0 Å². The molecular formula is C26H29ClN6. The summed E-state index contributed by atoms with van der Waals surface area (Å²) in [6.07, 6.45) is 9.08. The van der Waals surface area contributed by atoms with Crippen LogP contribution in [-0.4, -0.2) is 54.2 Å². The summed E-state index contributed by atoms with van der Waals surface area (Å²) in [5.41, 5.74) is 7.60. The van der Waals surface area contributed by atoms with Crippen LogP contribution < -0.4 is 15.1 Å². The van der Waals surface area contributed by atoms with Gasteiger partial charge in [0.2, 0.25) is 5.95 Å². The number of hydrogen-bond acceptors (Lipinski definition) is 6. The Morgan fingerprint density at radius 3 is 2.52 bits per heavy atom. The summed E-state index contributed by atoms with van der Waals surface area (Å²) in [4.78, 5) is 18.8. The third-order valence-corrected chi connectivity index (χ3v) is 7.91. The fraction of sp³-hybridized carbons (Fsp3) is 0.423. The summed E-state index contributed by atoms with van der Waals surface area (Å²) in [6.45, 7) is 7.74. The number of halogens is 1. The number of benzene rings is 1. The molecule has 2 aliphatic heterocycles. The first-order chi connectivity index (χ1) is 16.1. The van der Waals surface area contributed by atoms with Gasteiger partial charge in [-0.25, -0.2) is 9.97 Å². The lowest BCUT2D eigenvalue weighted by Gasteiger charge is -2.43. The predicted molar refractivity (Wildman–Crippen MR) is 133 cm³/mol. The zero-order chi connectivity index (χ0) is 22.4. The van der Waals surface area contributed by atoms with Crippen molar-refractivity contribution in [1.29, 1.82) is 0 Å². The number of hydrogen-bond donors (Lipinski definition) is 1. The zero-order valence-electron chi connectivity index (χ0n) is 19.0. The van der Waals surface area contributed by atoms with Crippen molar-refractivity contribution in [2.45, 2.75) is 31.6 Å². The molecule has 2 aromatic heterocycles. The fourth-order valence-electron chi connectivity index (χ4n) is 5.93. The molecule has 0 amide bonds. The molecule has 4 heterocycles. The van der Waals surface area contributed by atoms with Crippen molar-refractivity contribution in [1.82, 2.24) is 20.3 Å². The molecule has 0 unspecified atom stereocenters. The average molecular weight is 461 g/mol. The number of nitrogens with one attached hydrogen (secondary N) is 1. The summed E-state index contributed by atoms with van der Waals surface area (Å²) < 4.78 is 0. The van der Waals surface area contributed by atoms with Gasteiger partial charge in [-0.3, -0.25) is 4.98 Å². The number of rotatable bonds is 2. The van der Waals surface area contributed by atoms with Gasteiger partial charge in [-0.05, 0) is 56.0 Å². The maximum absolute atomic E-state index is 6.46. The lowest BCUT2D eigenvalue weighted by molar-refractivity contribution is 0.302. The smallest absolute Gasteiger partial charge is 0.225 e. The Hall–Kier alpha value is -2.70. The highest BCUT2D eigenvalue weighted by Gasteiger charge is 2.40. The zero-order valence-corrected chi connectivity index (χ0v) is 19.8. The van der Waals surface area contributed by atoms with E-state index in [0.29, 0.717) is 0 Å². The molecule has 0 bridgehead atoms. The van der Waals surface area contributed by atoms with Crippen LogP contribution in [0, 0.1) is 6.92 Å². The Labute approximate surface area is 200 Å². The SMILES string of the molecule is Cc1cncc(Cl)c1N1CCN(c2ncc3c(n2)-c2ccccc2C2(CCNCC2)C3)CC1. The maximum Gasteiger partial charge on any atom is 0.225 e. The van der Waals surface area contributed by atoms with Gasteiger partial charge in [-0.2, -0.15) is 0 Å². The van der Waals surface area contributed by atoms with Gasteiger partial charge >= 0.3 is 0 Å². The molecule has 33 heavy (non-hydrogen) atoms. The number of aromatic nitrogens is 3. The van der Waals surface area contributed by atoms with Crippen LogP contribution in [-0.2, 0) is 11.8 Å². The minimum atomic E-state index is 0.215. The van der Waals surface area contributed by atoms with E-state index >= 15 is 0 Å². The number of anilines is 2. The lowest BCUT2D eigenvalue weighted by atomic mass is 9.64. The van der Waals surface area contributed by atoms with Crippen molar-refractivity contribution in [3.63, 3.8) is 0 Å². The Bertz CT molecular complexity index is 1160. The molecular weight excluding hydrogens is 432 g/mol. The second kappa shape index (κ2) is 8.26. The van der Waals surface area contributed by atoms with Crippen LogP contribution >= 0.6 is 11.6 Å². The van der Waals surface area contributed by atoms with Gasteiger partial charge in [0.05, 0.1) is 16.4 Å². The number of aryl methyl sites for hydroxylation is 1. The highest BCUT2D eigenvalue weighted by atomic mass is 35.5. The average Bonchev–Trinajstić information content (AvgIpc) is 2.85. The van der Waals surface area contributed by atoms with E-state index in [1.54, 1.807) is 6.20 Å². The van der Waals surface area contributed by atoms with Crippen molar-refractivity contribution in [3.8, 4) is 11.3 Å². The minimum absolute atomic E-state index is 0.215. The lowest BCUT2D eigenvalue weighted by Crippen LogP contribution is -2.47. The molecule has 170 valence electrons. The van der Waals surface area contributed by atoms with Gasteiger partial charge in [-0.1, -0.05) is 35.9 Å². The van der Waals surface area contributed by atoms with Crippen LogP contribution in [0.15, 0.2) is 42.9 Å². The molecule has 2 saturated heterocycles. The van der Waals surface area contributed by atoms with Crippen LogP contribution in [0.4, 0.5) is 11.6 Å². The predicted octanol–water partition coefficient (Wildman–Crippen LogP) is 4.00. The monoisotopic (exact) mass is 460 g/mol. The fourth-order valence-corrected chi connectivity index (χ4v) is 6.26. The van der Waals surface area contributed by atoms with E-state index in [2.05, 4.69) is 57.5 Å². The van der Waals surface area contributed by atoms with Crippen molar-refractivity contribution in [3.05, 3.63) is 64.6 Å². The summed E-state index contributed by atoms with van der Waals surface area (Å²) in [7, 11) is 0. The third-order valence-electron chi connectivity index (χ3n) is 7.63. The van der Waals surface area contributed by atoms with E-state index in [4.69, 9.17) is 21.6 Å². The van der Waals surface area contributed by atoms with Gasteiger partial charge in [-0.15, -0.1) is 0 Å². The number of piperidine rings is 1. The molecule has 1 aliphatic carbocycles. The molecule has 0 atom stereocenters. The van der Waals surface area contributed by atoms with Gasteiger partial charge in [0, 0.05) is 55.7 Å². The second-order valence-corrected chi connectivity index (χ2v) is 9.96. The molecule has 1 N–H and O–H groups in total. The summed E-state index contributed by atoms with van der Waals surface area (Å²) in [5.74, 6) is 0.835. The number of fused-ring (bicyclic) bond motifs is 4. The van der Waals surface area contributed by atoms with Crippen LogP contribution in [0.2, 0.25) is 5.02 Å². The Balaban J connectivity index is 1.27. The first kappa shape index (κ1) is 20.9. The first-order valence-corrected chi connectivity index (χ1v) is 12.3. The van der Waals surface area contributed by atoms with Crippen molar-refractivity contribution < 1.29 is 0 Å². The standard InChI is InChI=1S/C26H29ClN6/c1-18-15-29-17-22(27)24(18)32-10-12-33(13-11-32)25-30-16-19-14-26(6-8-28-9-7-26)21-5-3-2-4-20(21)23(19)31-25/h2-5,15-17,28H,6-14H2,1H3. The Morgan fingerprint density at radius 2 is 1.73 bits per heavy atom. The van der Waals surface area contributed by atoms with Gasteiger partial charge < -0.3 is 15.1 Å². The summed E-state index contributed by atoms with van der Waals surface area (Å²) in [5, 5.41) is 4.25. The molecule has 7 heteroatoms. The third kappa shape index (κ3) is 3.56. The van der Waals surface area contributed by atoms with E-state index in [-0.39, 0.29) is 5.41 Å². The maximum atomic E-state index is 6.46. The van der Waals surface area contributed by atoms with Crippen LogP contribution in [0.5, 0.6) is 0 Å². The summed E-state index contributed by atoms with van der Waals surface area (Å²) >= 11 is 6.46. The molecule has 3 aliphatic rings. The van der Waals surface area contributed by atoms with Crippen LogP contribution in [0.25, 0.3) is 11.3 Å². The van der Waals surface area contributed by atoms with Gasteiger partial charge in [0.25, 0.3) is 0 Å². The van der Waals surface area contributed by atoms with E-state index in [0.717, 1.165) is 73.6 Å². The molecule has 0 radical (unpaired) electrons. The van der Waals surface area contributed by atoms with E-state index in [1.807, 2.05) is 6.20 Å². The Kier molecular flexibility index (Phi) is 5.23. The number of pyridine rings is 1. The molecule has 2 fully saturated rings. The van der Waals surface area contributed by atoms with E-state index < -0.39 is 0 Å². The van der Waals surface area contributed by atoms with Crippen molar-refractivity contribution in [2.75, 3.05) is 49.1 Å². The van der Waals surface area contributed by atoms with Gasteiger partial charge in [0.1, 0.15) is 0 Å². The quantitative estimate of drug-likeness (QED) is 0.623. The normalized spacial score (nSPS) is 19.3. The topological polar surface area (TPSA) is 57.2 Å². The van der Waals surface area contributed by atoms with E-state index in [9.17, 15) is 0 Å². The van der Waals surface area contributed by atoms with E-state index in [1.165, 1.54) is 29.5 Å². The first-order valence-electron chi connectivity index (χ1n) is 11.9. The highest BCUT2D eigenvalue weighted by Crippen LogP contribution is 2.47. The largest absolute Gasteiger partial charge is 0.366 e. The molecule has 1 spiro atoms. The van der Waals surface area contributed by atoms with Crippen molar-refractivity contribution >= 4 is 23.2 Å². The van der Waals surface area contributed by atoms with Crippen LogP contribution in [0.1, 0.15) is 29.5 Å². The minimum Gasteiger partial charge on any atom is -0.366 e. The molecule has 6 nitrogen and oxygen atoms in total. The molecule has 3 aromatic rings. The molecule has 0 saturated carbocycles. The number of nitrogens with zero attached hydrogens (tertiary/aromatic N) is 5. The Morgan fingerprint density at radius 1 is 0.970 bits per heavy atom.